The van der Waals surface area contributed by atoms with E-state index >= 15 is 0 Å². The van der Waals surface area contributed by atoms with E-state index in [9.17, 15) is 32.7 Å². The van der Waals surface area contributed by atoms with Crippen LogP contribution in [0, 0.1) is 17.2 Å². The quantitative estimate of drug-likeness (QED) is 0.565. The molecule has 1 N–H and O–H groups in total. The number of benzene rings is 1. The van der Waals surface area contributed by atoms with E-state index in [4.69, 9.17) is 5.26 Å². The number of aromatic hydroxyl groups is 1. The van der Waals surface area contributed by atoms with Crippen LogP contribution >= 0.6 is 0 Å². The molecule has 12 heteroatoms. The zero-order valence-corrected chi connectivity index (χ0v) is 17.1. The number of carbonyl (C=O) groups excluding carboxylic acids is 2. The highest BCUT2D eigenvalue weighted by Gasteiger charge is 2.41. The number of alkyl halides is 3. The summed E-state index contributed by atoms with van der Waals surface area (Å²) in [6.45, 7) is 3.73. The lowest BCUT2D eigenvalue weighted by Crippen LogP contribution is -2.33. The Balaban J connectivity index is 2.20. The molecule has 0 spiro atoms. The van der Waals surface area contributed by atoms with Gasteiger partial charge in [0, 0.05) is 13.6 Å². The molecule has 0 bridgehead atoms. The number of halogens is 3. The van der Waals surface area contributed by atoms with Crippen LogP contribution in [0.1, 0.15) is 45.7 Å². The second-order valence-electron chi connectivity index (χ2n) is 7.41. The van der Waals surface area contributed by atoms with Gasteiger partial charge in [-0.05, 0) is 18.1 Å². The highest BCUT2D eigenvalue weighted by molar-refractivity contribution is 6.23. The van der Waals surface area contributed by atoms with E-state index in [1.807, 2.05) is 0 Å². The van der Waals surface area contributed by atoms with E-state index in [-0.39, 0.29) is 29.3 Å². The maximum Gasteiger partial charge on any atom is 0.420 e. The van der Waals surface area contributed by atoms with Gasteiger partial charge in [0.25, 0.3) is 17.4 Å². The van der Waals surface area contributed by atoms with Gasteiger partial charge in [0.05, 0.1) is 16.8 Å². The minimum absolute atomic E-state index is 0.0134. The lowest BCUT2D eigenvalue weighted by molar-refractivity contribution is -0.137. The first-order valence-corrected chi connectivity index (χ1v) is 9.24. The molecule has 166 valence electrons. The van der Waals surface area contributed by atoms with E-state index in [0.717, 1.165) is 11.9 Å². The Hall–Kier alpha value is -4.01. The molecule has 32 heavy (non-hydrogen) atoms. The Kier molecular flexibility index (Phi) is 5.61. The summed E-state index contributed by atoms with van der Waals surface area (Å²) in [7, 11) is 0.962. The SMILES string of the molecule is CC(C)CN1C(=O)c2cccc(N=Nc3c(C(F)(F)F)c(C#N)c(O)n(C)c3=O)c2C1=O. The maximum absolute atomic E-state index is 13.6. The van der Waals surface area contributed by atoms with Crippen molar-refractivity contribution < 1.29 is 27.9 Å². The Bertz CT molecular complexity index is 1270. The molecule has 1 aromatic carbocycles. The van der Waals surface area contributed by atoms with Crippen molar-refractivity contribution in [1.29, 1.82) is 5.26 Å². The molecule has 1 aromatic heterocycles. The van der Waals surface area contributed by atoms with E-state index in [0.29, 0.717) is 4.57 Å². The molecule has 3 rings (SSSR count). The lowest BCUT2D eigenvalue weighted by atomic mass is 10.1. The number of hydrogen-bond acceptors (Lipinski definition) is 7. The molecule has 0 fully saturated rings. The molecule has 2 heterocycles. The van der Waals surface area contributed by atoms with Crippen molar-refractivity contribution in [3.63, 3.8) is 0 Å². The molecule has 1 aliphatic heterocycles. The fourth-order valence-electron chi connectivity index (χ4n) is 3.27. The Morgan fingerprint density at radius 3 is 2.38 bits per heavy atom. The number of carbonyl (C=O) groups is 2. The smallest absolute Gasteiger partial charge is 0.420 e. The minimum Gasteiger partial charge on any atom is -0.493 e. The Morgan fingerprint density at radius 2 is 1.81 bits per heavy atom. The second-order valence-corrected chi connectivity index (χ2v) is 7.41. The van der Waals surface area contributed by atoms with E-state index in [1.165, 1.54) is 24.3 Å². The summed E-state index contributed by atoms with van der Waals surface area (Å²) >= 11 is 0. The number of aromatic nitrogens is 1. The average Bonchev–Trinajstić information content (AvgIpc) is 2.95. The van der Waals surface area contributed by atoms with Crippen LogP contribution in [-0.2, 0) is 13.2 Å². The van der Waals surface area contributed by atoms with Crippen LogP contribution < -0.4 is 5.56 Å². The van der Waals surface area contributed by atoms with E-state index < -0.39 is 46.2 Å². The zero-order valence-electron chi connectivity index (χ0n) is 17.1. The third-order valence-corrected chi connectivity index (χ3v) is 4.71. The highest BCUT2D eigenvalue weighted by atomic mass is 19.4. The van der Waals surface area contributed by atoms with Crippen LogP contribution in [0.4, 0.5) is 24.5 Å². The topological polar surface area (TPSA) is 128 Å². The second kappa shape index (κ2) is 7.92. The first-order chi connectivity index (χ1) is 14.9. The standard InChI is InChI=1S/C20H16F3N5O4/c1-9(2)8-28-17(30)10-5-4-6-12(13(10)18(28)31)25-26-15-14(20(21,22)23)11(7-24)16(29)27(3)19(15)32/h4-6,9,29H,8H2,1-3H3. The van der Waals surface area contributed by atoms with Crippen LogP contribution in [0.3, 0.4) is 0 Å². The van der Waals surface area contributed by atoms with Crippen molar-refractivity contribution in [3.05, 3.63) is 50.8 Å². The van der Waals surface area contributed by atoms with Gasteiger partial charge in [0.15, 0.2) is 5.69 Å². The molecule has 0 radical (unpaired) electrons. The molecule has 0 aliphatic carbocycles. The summed E-state index contributed by atoms with van der Waals surface area (Å²) in [6.07, 6.45) is -5.21. The highest BCUT2D eigenvalue weighted by Crippen LogP contribution is 2.40. The van der Waals surface area contributed by atoms with Crippen molar-refractivity contribution in [2.45, 2.75) is 20.0 Å². The Labute approximate surface area is 179 Å². The lowest BCUT2D eigenvalue weighted by Gasteiger charge is -2.15. The van der Waals surface area contributed by atoms with Gasteiger partial charge in [-0.1, -0.05) is 19.9 Å². The van der Waals surface area contributed by atoms with Crippen molar-refractivity contribution in [1.82, 2.24) is 9.47 Å². The number of imide groups is 1. The third-order valence-electron chi connectivity index (χ3n) is 4.71. The third kappa shape index (κ3) is 3.62. The minimum atomic E-state index is -5.21. The molecule has 0 unspecified atom stereocenters. The first kappa shape index (κ1) is 22.7. The Morgan fingerprint density at radius 1 is 1.16 bits per heavy atom. The van der Waals surface area contributed by atoms with Gasteiger partial charge < -0.3 is 5.11 Å². The molecule has 0 saturated heterocycles. The van der Waals surface area contributed by atoms with Crippen molar-refractivity contribution in [2.75, 3.05) is 6.54 Å². The molecular formula is C20H16F3N5O4. The van der Waals surface area contributed by atoms with Crippen LogP contribution in [0.2, 0.25) is 0 Å². The summed E-state index contributed by atoms with van der Waals surface area (Å²) in [5.41, 5.74) is -5.88. The average molecular weight is 447 g/mol. The van der Waals surface area contributed by atoms with Gasteiger partial charge in [0.1, 0.15) is 17.2 Å². The van der Waals surface area contributed by atoms with Crippen molar-refractivity contribution in [2.24, 2.45) is 23.2 Å². The molecular weight excluding hydrogens is 431 g/mol. The largest absolute Gasteiger partial charge is 0.493 e. The van der Waals surface area contributed by atoms with Crippen molar-refractivity contribution in [3.8, 4) is 11.9 Å². The number of azo groups is 1. The van der Waals surface area contributed by atoms with E-state index in [2.05, 4.69) is 10.2 Å². The number of rotatable bonds is 4. The zero-order chi connectivity index (χ0) is 24.0. The van der Waals surface area contributed by atoms with Crippen LogP contribution in [-0.4, -0.2) is 32.9 Å². The summed E-state index contributed by atoms with van der Waals surface area (Å²) in [6, 6.07) is 5.23. The van der Waals surface area contributed by atoms with Gasteiger partial charge >= 0.3 is 6.18 Å². The van der Waals surface area contributed by atoms with Gasteiger partial charge in [-0.3, -0.25) is 23.9 Å². The summed E-state index contributed by atoms with van der Waals surface area (Å²) in [4.78, 5) is 38.7. The van der Waals surface area contributed by atoms with Crippen molar-refractivity contribution >= 4 is 23.2 Å². The van der Waals surface area contributed by atoms with Gasteiger partial charge in [-0.2, -0.15) is 18.4 Å². The van der Waals surface area contributed by atoms with Crippen LogP contribution in [0.5, 0.6) is 5.88 Å². The predicted molar refractivity (Wildman–Crippen MR) is 104 cm³/mol. The van der Waals surface area contributed by atoms with E-state index in [1.54, 1.807) is 13.8 Å². The van der Waals surface area contributed by atoms with Crippen LogP contribution in [0.15, 0.2) is 33.2 Å². The predicted octanol–water partition coefficient (Wildman–Crippen LogP) is 3.65. The number of nitriles is 1. The fraction of sp³-hybridized carbons (Fsp3) is 0.300. The molecule has 1 aliphatic rings. The van der Waals surface area contributed by atoms with Crippen LogP contribution in [0.25, 0.3) is 0 Å². The van der Waals surface area contributed by atoms with Gasteiger partial charge in [-0.15, -0.1) is 10.2 Å². The number of amides is 2. The van der Waals surface area contributed by atoms with Gasteiger partial charge in [0.2, 0.25) is 5.88 Å². The number of nitrogens with zero attached hydrogens (tertiary/aromatic N) is 5. The fourth-order valence-corrected chi connectivity index (χ4v) is 3.27. The summed E-state index contributed by atoms with van der Waals surface area (Å²) in [5, 5.41) is 26.0. The molecule has 0 atom stereocenters. The maximum atomic E-state index is 13.6. The first-order valence-electron chi connectivity index (χ1n) is 9.24. The number of pyridine rings is 1. The summed E-state index contributed by atoms with van der Waals surface area (Å²) < 4.78 is 41.2. The molecule has 9 nitrogen and oxygen atoms in total. The molecule has 2 amide bonds. The number of hydrogen-bond donors (Lipinski definition) is 1. The monoisotopic (exact) mass is 447 g/mol. The number of fused-ring (bicyclic) bond motifs is 1. The molecule has 2 aromatic rings. The summed E-state index contributed by atoms with van der Waals surface area (Å²) in [5.74, 6) is -2.45. The normalized spacial score (nSPS) is 13.9. The molecule has 0 saturated carbocycles. The van der Waals surface area contributed by atoms with Gasteiger partial charge in [-0.25, -0.2) is 0 Å².